The highest BCUT2D eigenvalue weighted by Gasteiger charge is 2.37. The summed E-state index contributed by atoms with van der Waals surface area (Å²) in [6, 6.07) is 14.8. The van der Waals surface area contributed by atoms with Gasteiger partial charge in [0.15, 0.2) is 5.54 Å². The summed E-state index contributed by atoms with van der Waals surface area (Å²) in [5.74, 6) is -1.40. The number of aliphatic carboxylic acids is 1. The molecule has 0 heterocycles. The molecule has 0 saturated heterocycles. The third kappa shape index (κ3) is 4.82. The normalized spacial score (nSPS) is 14.4. The fourth-order valence-corrected chi connectivity index (χ4v) is 3.10. The Kier molecular flexibility index (Phi) is 6.20. The molecule has 132 valence electrons. The number of carbonyl (C=O) groups excluding carboxylic acids is 1. The van der Waals surface area contributed by atoms with Gasteiger partial charge in [-0.1, -0.05) is 42.5 Å². The second kappa shape index (κ2) is 8.16. The number of carbonyl (C=O) groups is 2. The maximum absolute atomic E-state index is 13.1. The van der Waals surface area contributed by atoms with Crippen molar-refractivity contribution in [2.75, 3.05) is 0 Å². The number of hydrogen-bond donors (Lipinski definition) is 2. The molecular formula is C19H20FNO3S. The molecule has 0 spiro atoms. The molecule has 0 bridgehead atoms. The molecule has 2 atom stereocenters. The van der Waals surface area contributed by atoms with Gasteiger partial charge < -0.3 is 10.4 Å². The van der Waals surface area contributed by atoms with Crippen molar-refractivity contribution in [1.29, 1.82) is 0 Å². The zero-order chi connectivity index (χ0) is 18.4. The summed E-state index contributed by atoms with van der Waals surface area (Å²) in [6.45, 7) is 3.13. The second-order valence-electron chi connectivity index (χ2n) is 5.87. The molecule has 0 fully saturated rings. The number of thioether (sulfide) groups is 1. The van der Waals surface area contributed by atoms with E-state index in [1.54, 1.807) is 6.92 Å². The fraction of sp³-hybridized carbons (Fsp3) is 0.263. The van der Waals surface area contributed by atoms with Crippen LogP contribution in [0, 0.1) is 5.82 Å². The Labute approximate surface area is 150 Å². The minimum Gasteiger partial charge on any atom is -0.479 e. The number of benzene rings is 2. The lowest BCUT2D eigenvalue weighted by molar-refractivity contribution is -0.147. The lowest BCUT2D eigenvalue weighted by Crippen LogP contribution is -2.51. The van der Waals surface area contributed by atoms with Crippen molar-refractivity contribution in [1.82, 2.24) is 5.32 Å². The molecule has 0 aliphatic heterocycles. The van der Waals surface area contributed by atoms with Gasteiger partial charge in [0.25, 0.3) is 0 Å². The molecule has 2 unspecified atom stereocenters. The largest absolute Gasteiger partial charge is 0.479 e. The molecule has 2 aromatic rings. The second-order valence-corrected chi connectivity index (χ2v) is 7.19. The third-order valence-corrected chi connectivity index (χ3v) is 5.15. The van der Waals surface area contributed by atoms with Gasteiger partial charge in [-0.25, -0.2) is 9.18 Å². The number of carboxylic acid groups (broad SMARTS) is 1. The molecule has 2 N–H and O–H groups in total. The van der Waals surface area contributed by atoms with Crippen LogP contribution in [0.3, 0.4) is 0 Å². The Balaban J connectivity index is 2.06. The van der Waals surface area contributed by atoms with Crippen LogP contribution < -0.4 is 5.32 Å². The Morgan fingerprint density at radius 2 is 1.76 bits per heavy atom. The predicted octanol–water partition coefficient (Wildman–Crippen LogP) is 3.56. The molecule has 0 aliphatic rings. The lowest BCUT2D eigenvalue weighted by Gasteiger charge is -2.28. The van der Waals surface area contributed by atoms with E-state index in [1.807, 2.05) is 30.3 Å². The smallest absolute Gasteiger partial charge is 0.333 e. The van der Waals surface area contributed by atoms with E-state index in [2.05, 4.69) is 5.32 Å². The highest BCUT2D eigenvalue weighted by atomic mass is 32.2. The van der Waals surface area contributed by atoms with Gasteiger partial charge in [0.05, 0.1) is 5.25 Å². The Hall–Kier alpha value is -2.34. The van der Waals surface area contributed by atoms with Crippen molar-refractivity contribution in [2.24, 2.45) is 0 Å². The average molecular weight is 361 g/mol. The molecular weight excluding hydrogens is 341 g/mol. The first-order valence-corrected chi connectivity index (χ1v) is 8.85. The summed E-state index contributed by atoms with van der Waals surface area (Å²) in [5, 5.41) is 11.7. The summed E-state index contributed by atoms with van der Waals surface area (Å²) in [7, 11) is 0. The summed E-state index contributed by atoms with van der Waals surface area (Å²) >= 11 is 1.42. The third-order valence-electron chi connectivity index (χ3n) is 3.93. The Morgan fingerprint density at radius 3 is 2.32 bits per heavy atom. The van der Waals surface area contributed by atoms with Gasteiger partial charge in [-0.2, -0.15) is 0 Å². The molecule has 25 heavy (non-hydrogen) atoms. The minimum atomic E-state index is -1.62. The van der Waals surface area contributed by atoms with Crippen LogP contribution >= 0.6 is 11.8 Å². The van der Waals surface area contributed by atoms with E-state index in [9.17, 15) is 19.1 Å². The summed E-state index contributed by atoms with van der Waals surface area (Å²) < 4.78 is 13.1. The Bertz CT molecular complexity index is 736. The number of hydrogen-bond acceptors (Lipinski definition) is 3. The van der Waals surface area contributed by atoms with Gasteiger partial charge in [0, 0.05) is 5.75 Å². The van der Waals surface area contributed by atoms with Crippen molar-refractivity contribution in [3.63, 3.8) is 0 Å². The van der Waals surface area contributed by atoms with Crippen LogP contribution in [0.5, 0.6) is 0 Å². The first-order chi connectivity index (χ1) is 11.8. The van der Waals surface area contributed by atoms with Gasteiger partial charge in [-0.3, -0.25) is 4.79 Å². The predicted molar refractivity (Wildman–Crippen MR) is 96.7 cm³/mol. The van der Waals surface area contributed by atoms with Gasteiger partial charge in [-0.15, -0.1) is 11.8 Å². The van der Waals surface area contributed by atoms with Gasteiger partial charge in [0.2, 0.25) is 5.91 Å². The molecule has 0 aliphatic carbocycles. The van der Waals surface area contributed by atoms with Gasteiger partial charge >= 0.3 is 5.97 Å². The lowest BCUT2D eigenvalue weighted by atomic mass is 9.92. The van der Waals surface area contributed by atoms with E-state index in [4.69, 9.17) is 0 Å². The summed E-state index contributed by atoms with van der Waals surface area (Å²) in [5.41, 5.74) is -0.214. The maximum Gasteiger partial charge on any atom is 0.333 e. The fourth-order valence-electron chi connectivity index (χ4n) is 2.25. The Morgan fingerprint density at radius 1 is 1.16 bits per heavy atom. The quantitative estimate of drug-likeness (QED) is 0.791. The highest BCUT2D eigenvalue weighted by molar-refractivity contribution is 7.99. The van der Waals surface area contributed by atoms with E-state index in [0.29, 0.717) is 11.3 Å². The topological polar surface area (TPSA) is 66.4 Å². The first-order valence-electron chi connectivity index (χ1n) is 7.80. The van der Waals surface area contributed by atoms with Crippen LogP contribution in [0.1, 0.15) is 25.0 Å². The molecule has 4 nitrogen and oxygen atoms in total. The maximum atomic E-state index is 13.1. The molecule has 0 aromatic heterocycles. The summed E-state index contributed by atoms with van der Waals surface area (Å²) in [6.07, 6.45) is 0. The van der Waals surface area contributed by atoms with Gasteiger partial charge in [0.1, 0.15) is 5.82 Å². The molecule has 2 aromatic carbocycles. The number of halogens is 1. The zero-order valence-corrected chi connectivity index (χ0v) is 14.8. The molecule has 1 amide bonds. The van der Waals surface area contributed by atoms with E-state index in [0.717, 1.165) is 5.56 Å². The molecule has 2 rings (SSSR count). The van der Waals surface area contributed by atoms with E-state index in [-0.39, 0.29) is 5.91 Å². The number of carboxylic acids is 1. The van der Waals surface area contributed by atoms with Crippen LogP contribution in [0.4, 0.5) is 4.39 Å². The van der Waals surface area contributed by atoms with E-state index >= 15 is 0 Å². The van der Waals surface area contributed by atoms with Crippen molar-refractivity contribution < 1.29 is 19.1 Å². The minimum absolute atomic E-state index is 0.315. The molecule has 0 saturated carbocycles. The van der Waals surface area contributed by atoms with E-state index < -0.39 is 22.6 Å². The van der Waals surface area contributed by atoms with Crippen LogP contribution in [0.25, 0.3) is 0 Å². The van der Waals surface area contributed by atoms with Crippen LogP contribution in [-0.2, 0) is 20.9 Å². The molecule has 6 heteroatoms. The van der Waals surface area contributed by atoms with Crippen molar-refractivity contribution in [3.05, 3.63) is 71.5 Å². The summed E-state index contributed by atoms with van der Waals surface area (Å²) in [4.78, 5) is 24.2. The van der Waals surface area contributed by atoms with Crippen molar-refractivity contribution in [3.8, 4) is 0 Å². The zero-order valence-electron chi connectivity index (χ0n) is 14.0. The molecule has 0 radical (unpaired) electrons. The van der Waals surface area contributed by atoms with E-state index in [1.165, 1.54) is 43.0 Å². The van der Waals surface area contributed by atoms with Crippen LogP contribution in [-0.4, -0.2) is 22.2 Å². The van der Waals surface area contributed by atoms with Crippen molar-refractivity contribution in [2.45, 2.75) is 30.4 Å². The number of amides is 1. The number of rotatable bonds is 7. The van der Waals surface area contributed by atoms with Crippen LogP contribution in [0.2, 0.25) is 0 Å². The standard InChI is InChI=1S/C19H20FNO3S/c1-13(25-12-14-6-4-3-5-7-14)17(22)21-19(2,18(23)24)15-8-10-16(20)11-9-15/h3-11,13H,12H2,1-2H3,(H,21,22)(H,23,24). The monoisotopic (exact) mass is 361 g/mol. The average Bonchev–Trinajstić information content (AvgIpc) is 2.60. The SMILES string of the molecule is CC(SCc1ccccc1)C(=O)NC(C)(C(=O)O)c1ccc(F)cc1. The van der Waals surface area contributed by atoms with Crippen molar-refractivity contribution >= 4 is 23.6 Å². The van der Waals surface area contributed by atoms with Crippen LogP contribution in [0.15, 0.2) is 54.6 Å². The highest BCUT2D eigenvalue weighted by Crippen LogP contribution is 2.24. The first kappa shape index (κ1) is 19.0. The number of nitrogens with one attached hydrogen (secondary N) is 1. The van der Waals surface area contributed by atoms with Gasteiger partial charge in [-0.05, 0) is 37.1 Å².